The van der Waals surface area contributed by atoms with Gasteiger partial charge < -0.3 is 4.74 Å². The molecule has 0 aromatic carbocycles. The molecule has 56 valence electrons. The molecule has 1 atom stereocenters. The van der Waals surface area contributed by atoms with E-state index in [1.165, 1.54) is 0 Å². The van der Waals surface area contributed by atoms with Gasteiger partial charge in [0, 0.05) is 13.2 Å². The summed E-state index contributed by atoms with van der Waals surface area (Å²) in [4.78, 5) is 0. The molecule has 0 saturated carbocycles. The quantitative estimate of drug-likeness (QED) is 0.579. The van der Waals surface area contributed by atoms with E-state index in [4.69, 9.17) is 4.74 Å². The lowest BCUT2D eigenvalue weighted by Gasteiger charge is -2.16. The lowest BCUT2D eigenvalue weighted by Crippen LogP contribution is -2.32. The van der Waals surface area contributed by atoms with Gasteiger partial charge in [-0.15, -0.1) is 0 Å². The summed E-state index contributed by atoms with van der Waals surface area (Å²) in [5.74, 6) is 0.681. The van der Waals surface area contributed by atoms with E-state index in [9.17, 15) is 0 Å². The van der Waals surface area contributed by atoms with Gasteiger partial charge in [0.1, 0.15) is 0 Å². The standard InChI is InChI=1S/C7H17NO/c1-6(2)7(3)8-5-9-4/h6-8H,5H2,1-4H3/t7-/m1/s1. The van der Waals surface area contributed by atoms with Gasteiger partial charge in [0.05, 0.1) is 6.73 Å². The molecule has 0 amide bonds. The fraction of sp³-hybridized carbons (Fsp3) is 1.00. The third-order valence-electron chi connectivity index (χ3n) is 1.55. The molecule has 0 aromatic rings. The van der Waals surface area contributed by atoms with Gasteiger partial charge in [-0.3, -0.25) is 5.32 Å². The summed E-state index contributed by atoms with van der Waals surface area (Å²) in [6.45, 7) is 7.18. The molecule has 0 saturated heterocycles. The van der Waals surface area contributed by atoms with Crippen LogP contribution in [-0.2, 0) is 4.74 Å². The largest absolute Gasteiger partial charge is 0.370 e. The van der Waals surface area contributed by atoms with Gasteiger partial charge in [-0.1, -0.05) is 13.8 Å². The Labute approximate surface area is 57.6 Å². The van der Waals surface area contributed by atoms with E-state index in [0.29, 0.717) is 18.7 Å². The van der Waals surface area contributed by atoms with Crippen molar-refractivity contribution in [3.63, 3.8) is 0 Å². The van der Waals surface area contributed by atoms with Crippen LogP contribution in [0.25, 0.3) is 0 Å². The Morgan fingerprint density at radius 1 is 1.33 bits per heavy atom. The summed E-state index contributed by atoms with van der Waals surface area (Å²) in [5, 5.41) is 3.21. The van der Waals surface area contributed by atoms with Crippen LogP contribution < -0.4 is 5.32 Å². The van der Waals surface area contributed by atoms with Crippen molar-refractivity contribution in [2.45, 2.75) is 26.8 Å². The third kappa shape index (κ3) is 4.43. The zero-order valence-electron chi connectivity index (χ0n) is 6.77. The van der Waals surface area contributed by atoms with Crippen LogP contribution >= 0.6 is 0 Å². The number of ether oxygens (including phenoxy) is 1. The minimum Gasteiger partial charge on any atom is -0.370 e. The summed E-state index contributed by atoms with van der Waals surface area (Å²) < 4.78 is 4.85. The Kier molecular flexibility index (Phi) is 4.72. The van der Waals surface area contributed by atoms with E-state index in [1.807, 2.05) is 0 Å². The van der Waals surface area contributed by atoms with Gasteiger partial charge in [0.2, 0.25) is 0 Å². The Balaban J connectivity index is 3.16. The van der Waals surface area contributed by atoms with Crippen LogP contribution in [0.3, 0.4) is 0 Å². The first-order valence-electron chi connectivity index (χ1n) is 3.40. The van der Waals surface area contributed by atoms with Crippen LogP contribution in [0.15, 0.2) is 0 Å². The average molecular weight is 131 g/mol. The van der Waals surface area contributed by atoms with Gasteiger partial charge in [0.15, 0.2) is 0 Å². The first-order chi connectivity index (χ1) is 4.18. The second kappa shape index (κ2) is 4.77. The van der Waals surface area contributed by atoms with Crippen LogP contribution in [-0.4, -0.2) is 19.9 Å². The van der Waals surface area contributed by atoms with Crippen LogP contribution in [0.2, 0.25) is 0 Å². The van der Waals surface area contributed by atoms with Crippen molar-refractivity contribution in [1.82, 2.24) is 5.32 Å². The van der Waals surface area contributed by atoms with Gasteiger partial charge in [-0.2, -0.15) is 0 Å². The topological polar surface area (TPSA) is 21.3 Å². The molecule has 0 aliphatic rings. The van der Waals surface area contributed by atoms with Crippen molar-refractivity contribution < 1.29 is 4.74 Å². The van der Waals surface area contributed by atoms with Crippen LogP contribution in [0.1, 0.15) is 20.8 Å². The third-order valence-corrected chi connectivity index (χ3v) is 1.55. The average Bonchev–Trinajstić information content (AvgIpc) is 1.82. The molecule has 0 radical (unpaired) electrons. The van der Waals surface area contributed by atoms with Crippen molar-refractivity contribution in [2.75, 3.05) is 13.8 Å². The van der Waals surface area contributed by atoms with Crippen molar-refractivity contribution >= 4 is 0 Å². The van der Waals surface area contributed by atoms with E-state index in [1.54, 1.807) is 7.11 Å². The molecule has 2 heteroatoms. The lowest BCUT2D eigenvalue weighted by molar-refractivity contribution is 0.157. The molecule has 0 aliphatic carbocycles. The van der Waals surface area contributed by atoms with E-state index in [0.717, 1.165) is 0 Å². The summed E-state index contributed by atoms with van der Waals surface area (Å²) in [5.41, 5.74) is 0. The monoisotopic (exact) mass is 131 g/mol. The fourth-order valence-electron chi connectivity index (χ4n) is 0.450. The maximum atomic E-state index is 4.85. The van der Waals surface area contributed by atoms with Crippen LogP contribution in [0.4, 0.5) is 0 Å². The lowest BCUT2D eigenvalue weighted by atomic mass is 10.1. The Hall–Kier alpha value is -0.0800. The van der Waals surface area contributed by atoms with Crippen molar-refractivity contribution in [3.05, 3.63) is 0 Å². The molecule has 0 fully saturated rings. The Morgan fingerprint density at radius 2 is 1.89 bits per heavy atom. The molecular weight excluding hydrogens is 114 g/mol. The van der Waals surface area contributed by atoms with Gasteiger partial charge in [-0.05, 0) is 12.8 Å². The zero-order valence-corrected chi connectivity index (χ0v) is 6.77. The van der Waals surface area contributed by atoms with Crippen LogP contribution in [0.5, 0.6) is 0 Å². The number of methoxy groups -OCH3 is 1. The molecule has 0 heterocycles. The number of hydrogen-bond acceptors (Lipinski definition) is 2. The predicted molar refractivity (Wildman–Crippen MR) is 39.3 cm³/mol. The smallest absolute Gasteiger partial charge is 0.0963 e. The highest BCUT2D eigenvalue weighted by Gasteiger charge is 2.03. The molecule has 2 nitrogen and oxygen atoms in total. The van der Waals surface area contributed by atoms with E-state index < -0.39 is 0 Å². The number of nitrogens with one attached hydrogen (secondary N) is 1. The van der Waals surface area contributed by atoms with Crippen molar-refractivity contribution in [3.8, 4) is 0 Å². The van der Waals surface area contributed by atoms with Crippen molar-refractivity contribution in [1.29, 1.82) is 0 Å². The van der Waals surface area contributed by atoms with Crippen molar-refractivity contribution in [2.24, 2.45) is 5.92 Å². The molecule has 0 aromatic heterocycles. The maximum absolute atomic E-state index is 4.85. The summed E-state index contributed by atoms with van der Waals surface area (Å²) >= 11 is 0. The highest BCUT2D eigenvalue weighted by Crippen LogP contribution is 1.98. The molecule has 9 heavy (non-hydrogen) atoms. The van der Waals surface area contributed by atoms with E-state index in [2.05, 4.69) is 26.1 Å². The van der Waals surface area contributed by atoms with E-state index in [-0.39, 0.29) is 0 Å². The molecule has 0 spiro atoms. The van der Waals surface area contributed by atoms with Gasteiger partial charge in [0.25, 0.3) is 0 Å². The fourth-order valence-corrected chi connectivity index (χ4v) is 0.450. The SMILES string of the molecule is COCN[C@H](C)C(C)C. The molecule has 0 rings (SSSR count). The predicted octanol–water partition coefficient (Wildman–Crippen LogP) is 1.22. The number of hydrogen-bond donors (Lipinski definition) is 1. The summed E-state index contributed by atoms with van der Waals surface area (Å²) in [6.07, 6.45) is 0. The maximum Gasteiger partial charge on any atom is 0.0963 e. The molecule has 1 N–H and O–H groups in total. The second-order valence-electron chi connectivity index (χ2n) is 2.67. The number of rotatable bonds is 4. The molecular formula is C7H17NO. The zero-order chi connectivity index (χ0) is 7.28. The van der Waals surface area contributed by atoms with Gasteiger partial charge in [-0.25, -0.2) is 0 Å². The Bertz CT molecular complexity index is 63.9. The minimum atomic E-state index is 0.546. The molecule has 0 aliphatic heterocycles. The second-order valence-corrected chi connectivity index (χ2v) is 2.67. The molecule has 0 unspecified atom stereocenters. The highest BCUT2D eigenvalue weighted by atomic mass is 16.5. The summed E-state index contributed by atoms with van der Waals surface area (Å²) in [6, 6.07) is 0.546. The first-order valence-corrected chi connectivity index (χ1v) is 3.40. The minimum absolute atomic E-state index is 0.546. The normalized spacial score (nSPS) is 14.3. The van der Waals surface area contributed by atoms with Gasteiger partial charge >= 0.3 is 0 Å². The Morgan fingerprint density at radius 3 is 2.22 bits per heavy atom. The highest BCUT2D eigenvalue weighted by molar-refractivity contribution is 4.60. The van der Waals surface area contributed by atoms with Crippen LogP contribution in [0, 0.1) is 5.92 Å². The van der Waals surface area contributed by atoms with E-state index >= 15 is 0 Å². The first kappa shape index (κ1) is 8.92. The molecule has 0 bridgehead atoms. The summed E-state index contributed by atoms with van der Waals surface area (Å²) in [7, 11) is 1.69.